The normalized spacial score (nSPS) is 9.48. The summed E-state index contributed by atoms with van der Waals surface area (Å²) in [6.07, 6.45) is 0. The molecule has 0 N–H and O–H groups in total. The third-order valence-electron chi connectivity index (χ3n) is 3.06. The Kier molecular flexibility index (Phi) is 19.1. The van der Waals surface area contributed by atoms with Crippen molar-refractivity contribution in [2.75, 3.05) is 0 Å². The summed E-state index contributed by atoms with van der Waals surface area (Å²) in [5.74, 6) is 0. The topological polar surface area (TPSA) is 0 Å². The van der Waals surface area contributed by atoms with Crippen LogP contribution >= 0.6 is 0 Å². The summed E-state index contributed by atoms with van der Waals surface area (Å²) in [4.78, 5) is 0. The summed E-state index contributed by atoms with van der Waals surface area (Å²) in [7, 11) is 0. The van der Waals surface area contributed by atoms with Gasteiger partial charge in [-0.2, -0.15) is 35.4 Å². The molecule has 0 atom stereocenters. The van der Waals surface area contributed by atoms with Gasteiger partial charge in [0.2, 0.25) is 0 Å². The first-order valence-electron chi connectivity index (χ1n) is 7.15. The molecule has 2 aromatic rings. The van der Waals surface area contributed by atoms with Crippen LogP contribution in [0.3, 0.4) is 0 Å². The van der Waals surface area contributed by atoms with Crippen LogP contribution in [0.2, 0.25) is 0 Å². The minimum atomic E-state index is 0. The molecule has 0 aromatic heterocycles. The van der Waals surface area contributed by atoms with Crippen LogP contribution in [0.4, 0.5) is 0 Å². The Morgan fingerprint density at radius 2 is 0.739 bits per heavy atom. The third kappa shape index (κ3) is 12.9. The van der Waals surface area contributed by atoms with Gasteiger partial charge >= 0.3 is 26.2 Å². The molecule has 0 radical (unpaired) electrons. The van der Waals surface area contributed by atoms with E-state index in [-0.39, 0.29) is 51.0 Å². The molecular formula is C20H30Cl2Zr. The van der Waals surface area contributed by atoms with Crippen LogP contribution < -0.4 is 24.8 Å². The van der Waals surface area contributed by atoms with E-state index in [1.807, 2.05) is 0 Å². The van der Waals surface area contributed by atoms with Gasteiger partial charge in [0.05, 0.1) is 0 Å². The largest absolute Gasteiger partial charge is 4.00 e. The van der Waals surface area contributed by atoms with Crippen molar-refractivity contribution in [1.82, 2.24) is 0 Å². The molecule has 23 heavy (non-hydrogen) atoms. The molecule has 0 bridgehead atoms. The van der Waals surface area contributed by atoms with Gasteiger partial charge in [0, 0.05) is 0 Å². The molecule has 0 aliphatic carbocycles. The number of hydrogen-bond acceptors (Lipinski definition) is 0. The van der Waals surface area contributed by atoms with E-state index < -0.39 is 0 Å². The third-order valence-corrected chi connectivity index (χ3v) is 3.06. The molecule has 2 rings (SSSR count). The monoisotopic (exact) mass is 430 g/mol. The quantitative estimate of drug-likeness (QED) is 0.413. The number of halogens is 2. The van der Waals surface area contributed by atoms with E-state index in [1.54, 1.807) is 0 Å². The van der Waals surface area contributed by atoms with Gasteiger partial charge in [-0.15, -0.1) is 13.2 Å². The van der Waals surface area contributed by atoms with Crippen molar-refractivity contribution in [1.29, 1.82) is 0 Å². The molecule has 0 aliphatic rings. The molecule has 0 nitrogen and oxygen atoms in total. The van der Waals surface area contributed by atoms with Crippen molar-refractivity contribution < 1.29 is 51.0 Å². The van der Waals surface area contributed by atoms with Gasteiger partial charge < -0.3 is 24.8 Å². The minimum Gasteiger partial charge on any atom is -1.00 e. The first kappa shape index (κ1) is 30.7. The van der Waals surface area contributed by atoms with Crippen LogP contribution in [-0.2, 0) is 37.0 Å². The zero-order valence-electron chi connectivity index (χ0n) is 15.3. The zero-order valence-corrected chi connectivity index (χ0v) is 19.3. The molecule has 0 saturated heterocycles. The fourth-order valence-corrected chi connectivity index (χ4v) is 1.75. The zero-order chi connectivity index (χ0) is 15.8. The molecule has 0 heterocycles. The molecule has 0 saturated carbocycles. The molecule has 0 aliphatic heterocycles. The maximum atomic E-state index is 3.00. The van der Waals surface area contributed by atoms with Crippen LogP contribution in [-0.4, -0.2) is 0 Å². The minimum absolute atomic E-state index is 0. The van der Waals surface area contributed by atoms with Crippen LogP contribution in [0.25, 0.3) is 0 Å². The van der Waals surface area contributed by atoms with Gasteiger partial charge in [-0.05, 0) is 0 Å². The van der Waals surface area contributed by atoms with Gasteiger partial charge in [-0.1, -0.05) is 52.4 Å². The second-order valence-electron chi connectivity index (χ2n) is 6.85. The van der Waals surface area contributed by atoms with Crippen LogP contribution in [0.15, 0.2) is 61.7 Å². The molecule has 0 fully saturated rings. The molecule has 0 unspecified atom stereocenters. The Hall–Kier alpha value is -0.0969. The van der Waals surface area contributed by atoms with Crippen molar-refractivity contribution >= 4 is 0 Å². The van der Waals surface area contributed by atoms with Crippen molar-refractivity contribution in [2.24, 2.45) is 0 Å². The molecule has 0 spiro atoms. The summed E-state index contributed by atoms with van der Waals surface area (Å²) in [5.41, 5.74) is 3.48. The van der Waals surface area contributed by atoms with E-state index in [9.17, 15) is 0 Å². The van der Waals surface area contributed by atoms with Gasteiger partial charge in [-0.3, -0.25) is 0 Å². The number of hydrogen-bond donors (Lipinski definition) is 0. The van der Waals surface area contributed by atoms with Crippen LogP contribution in [0.5, 0.6) is 0 Å². The summed E-state index contributed by atoms with van der Waals surface area (Å²) in [6, 6.07) is 17.0. The summed E-state index contributed by atoms with van der Waals surface area (Å²) >= 11 is 0. The van der Waals surface area contributed by atoms with Gasteiger partial charge in [0.25, 0.3) is 0 Å². The summed E-state index contributed by atoms with van der Waals surface area (Å²) in [5, 5.41) is 0. The Bertz CT molecular complexity index is 399. The maximum Gasteiger partial charge on any atom is 4.00 e. The van der Waals surface area contributed by atoms with E-state index in [0.29, 0.717) is 10.8 Å². The smallest absolute Gasteiger partial charge is 1.00 e. The fraction of sp³-hybridized carbons (Fsp3) is 0.400. The maximum absolute atomic E-state index is 3.00. The van der Waals surface area contributed by atoms with E-state index >= 15 is 0 Å². The average Bonchev–Trinajstić information content (AvgIpc) is 3.04. The summed E-state index contributed by atoms with van der Waals surface area (Å²) in [6.45, 7) is 19.3. The second-order valence-corrected chi connectivity index (χ2v) is 6.85. The van der Waals surface area contributed by atoms with Crippen molar-refractivity contribution in [3.63, 3.8) is 0 Å². The van der Waals surface area contributed by atoms with Crippen molar-refractivity contribution in [3.05, 3.63) is 72.8 Å². The second kappa shape index (κ2) is 14.3. The molecule has 0 amide bonds. The van der Waals surface area contributed by atoms with Crippen molar-refractivity contribution in [2.45, 2.75) is 52.4 Å². The predicted octanol–water partition coefficient (Wildman–Crippen LogP) is 0.214. The van der Waals surface area contributed by atoms with E-state index in [0.717, 1.165) is 0 Å². The molecule has 2 aromatic carbocycles. The van der Waals surface area contributed by atoms with E-state index in [2.05, 4.69) is 103 Å². The van der Waals surface area contributed by atoms with Crippen LogP contribution in [0, 0.1) is 0 Å². The molecular weight excluding hydrogens is 402 g/mol. The van der Waals surface area contributed by atoms with E-state index in [1.165, 1.54) is 11.1 Å². The Morgan fingerprint density at radius 3 is 0.826 bits per heavy atom. The SMILES string of the molecule is C=C.CC(C)(C)[c-]1cccc1.CC(C)(C)[c-]1cccc1.[Cl-].[Cl-].[Zr+4]. The van der Waals surface area contributed by atoms with Gasteiger partial charge in [-0.25, -0.2) is 24.3 Å². The average molecular weight is 433 g/mol. The predicted molar refractivity (Wildman–Crippen MR) is 92.7 cm³/mol. The van der Waals surface area contributed by atoms with Crippen molar-refractivity contribution in [3.8, 4) is 0 Å². The van der Waals surface area contributed by atoms with E-state index in [4.69, 9.17) is 0 Å². The van der Waals surface area contributed by atoms with Gasteiger partial charge in [0.1, 0.15) is 0 Å². The standard InChI is InChI=1S/2C9H13.C2H4.2ClH.Zr/c2*1-9(2,3)8-6-4-5-7-8;1-2;;;/h2*4-7H,1-3H3;1-2H2;2*1H;/q2*-1;;;;+4/p-2. The fourth-order valence-electron chi connectivity index (χ4n) is 1.75. The molecule has 128 valence electrons. The molecule has 3 heteroatoms. The summed E-state index contributed by atoms with van der Waals surface area (Å²) < 4.78 is 0. The first-order valence-corrected chi connectivity index (χ1v) is 7.15. The Balaban J connectivity index is -0.000000127. The van der Waals surface area contributed by atoms with Gasteiger partial charge in [0.15, 0.2) is 0 Å². The Labute approximate surface area is 175 Å². The number of rotatable bonds is 0. The van der Waals surface area contributed by atoms with Crippen LogP contribution in [0.1, 0.15) is 52.7 Å². The first-order chi connectivity index (χ1) is 9.21. The Morgan fingerprint density at radius 1 is 0.565 bits per heavy atom.